The minimum Gasteiger partial charge on any atom is -0.462 e. The van der Waals surface area contributed by atoms with Gasteiger partial charge in [0.2, 0.25) is 0 Å². The SMILES string of the molecule is CCCCCCCCCCCCCCCCCCCCC(=O)OC[C@@H](COC(=O)CCCCCCCCCCCCCC(C)C)OC(=O)CCCCCCCCCCC(C)CC. The first-order valence-electron chi connectivity index (χ1n) is 27.8. The predicted molar refractivity (Wildman–Crippen MR) is 266 cm³/mol. The number of carbonyl (C=O) groups is 3. The molecule has 0 aliphatic heterocycles. The maximum atomic E-state index is 12.8. The molecule has 0 aromatic heterocycles. The molecule has 0 aliphatic carbocycles. The molecule has 0 aromatic rings. The first kappa shape index (κ1) is 60.4. The van der Waals surface area contributed by atoms with Gasteiger partial charge in [-0.15, -0.1) is 0 Å². The van der Waals surface area contributed by atoms with E-state index in [1.54, 1.807) is 0 Å². The van der Waals surface area contributed by atoms with E-state index in [1.165, 1.54) is 199 Å². The fraction of sp³-hybridized carbons (Fsp3) is 0.946. The monoisotopic (exact) mass is 877 g/mol. The molecule has 62 heavy (non-hydrogen) atoms. The van der Waals surface area contributed by atoms with Crippen molar-refractivity contribution >= 4 is 17.9 Å². The molecule has 0 amide bonds. The summed E-state index contributed by atoms with van der Waals surface area (Å²) in [6.45, 7) is 11.4. The Hall–Kier alpha value is -1.59. The standard InChI is InChI=1S/C56H108O6/c1-6-8-9-10-11-12-13-14-15-16-17-18-19-22-25-31-36-41-46-54(57)60-49-53(62-56(59)48-43-38-33-28-27-30-35-40-45-52(5)7-2)50-61-55(58)47-42-37-32-26-23-20-21-24-29-34-39-44-51(3)4/h51-53H,6-50H2,1-5H3/t52?,53-/m0/s1. The third-order valence-electron chi connectivity index (χ3n) is 13.1. The van der Waals surface area contributed by atoms with Crippen molar-refractivity contribution in [3.63, 3.8) is 0 Å². The highest BCUT2D eigenvalue weighted by molar-refractivity contribution is 5.71. The van der Waals surface area contributed by atoms with Crippen LogP contribution >= 0.6 is 0 Å². The van der Waals surface area contributed by atoms with Crippen molar-refractivity contribution in [2.45, 2.75) is 317 Å². The van der Waals surface area contributed by atoms with E-state index in [0.717, 1.165) is 69.6 Å². The van der Waals surface area contributed by atoms with Crippen LogP contribution < -0.4 is 0 Å². The third-order valence-corrected chi connectivity index (χ3v) is 13.1. The zero-order chi connectivity index (χ0) is 45.4. The van der Waals surface area contributed by atoms with Gasteiger partial charge in [0.1, 0.15) is 13.2 Å². The summed E-state index contributed by atoms with van der Waals surface area (Å²) in [6.07, 6.45) is 50.9. The zero-order valence-corrected chi connectivity index (χ0v) is 42.5. The van der Waals surface area contributed by atoms with E-state index in [9.17, 15) is 14.4 Å². The summed E-state index contributed by atoms with van der Waals surface area (Å²) >= 11 is 0. The second-order valence-electron chi connectivity index (χ2n) is 19.9. The van der Waals surface area contributed by atoms with E-state index < -0.39 is 6.10 Å². The summed E-state index contributed by atoms with van der Waals surface area (Å²) in [5.74, 6) is 0.826. The summed E-state index contributed by atoms with van der Waals surface area (Å²) in [6, 6.07) is 0. The zero-order valence-electron chi connectivity index (χ0n) is 42.5. The molecule has 6 nitrogen and oxygen atoms in total. The fourth-order valence-electron chi connectivity index (χ4n) is 8.49. The lowest BCUT2D eigenvalue weighted by Crippen LogP contribution is -2.30. The predicted octanol–water partition coefficient (Wildman–Crippen LogP) is 18.1. The Labute approximate surface area is 387 Å². The Morgan fingerprint density at radius 3 is 0.919 bits per heavy atom. The number of hydrogen-bond acceptors (Lipinski definition) is 6. The van der Waals surface area contributed by atoms with Crippen LogP contribution in [0, 0.1) is 11.8 Å². The van der Waals surface area contributed by atoms with Crippen molar-refractivity contribution in [3.8, 4) is 0 Å². The van der Waals surface area contributed by atoms with Gasteiger partial charge in [0.05, 0.1) is 0 Å². The highest BCUT2D eigenvalue weighted by Crippen LogP contribution is 2.18. The summed E-state index contributed by atoms with van der Waals surface area (Å²) in [7, 11) is 0. The average Bonchev–Trinajstić information content (AvgIpc) is 3.26. The van der Waals surface area contributed by atoms with Crippen LogP contribution in [-0.4, -0.2) is 37.2 Å². The van der Waals surface area contributed by atoms with E-state index in [2.05, 4.69) is 34.6 Å². The highest BCUT2D eigenvalue weighted by Gasteiger charge is 2.19. The molecule has 0 rings (SSSR count). The molecule has 368 valence electrons. The van der Waals surface area contributed by atoms with Crippen LogP contribution in [0.15, 0.2) is 0 Å². The number of carbonyl (C=O) groups excluding carboxylic acids is 3. The van der Waals surface area contributed by atoms with Crippen molar-refractivity contribution in [2.75, 3.05) is 13.2 Å². The second-order valence-corrected chi connectivity index (χ2v) is 19.9. The molecule has 0 radical (unpaired) electrons. The van der Waals surface area contributed by atoms with Crippen molar-refractivity contribution < 1.29 is 28.6 Å². The molecule has 1 unspecified atom stereocenters. The van der Waals surface area contributed by atoms with Crippen LogP contribution in [0.1, 0.15) is 311 Å². The maximum absolute atomic E-state index is 12.8. The Bertz CT molecular complexity index is 949. The topological polar surface area (TPSA) is 78.9 Å². The Morgan fingerprint density at radius 2 is 0.613 bits per heavy atom. The molecule has 0 saturated heterocycles. The van der Waals surface area contributed by atoms with Crippen molar-refractivity contribution in [2.24, 2.45) is 11.8 Å². The number of hydrogen-bond donors (Lipinski definition) is 0. The van der Waals surface area contributed by atoms with Crippen molar-refractivity contribution in [1.82, 2.24) is 0 Å². The van der Waals surface area contributed by atoms with Crippen LogP contribution in [-0.2, 0) is 28.6 Å². The molecule has 6 heteroatoms. The van der Waals surface area contributed by atoms with Gasteiger partial charge in [-0.25, -0.2) is 0 Å². The summed E-state index contributed by atoms with van der Waals surface area (Å²) < 4.78 is 16.9. The lowest BCUT2D eigenvalue weighted by atomic mass is 9.99. The molecule has 0 aliphatic rings. The molecular formula is C56H108O6. The van der Waals surface area contributed by atoms with Crippen LogP contribution in [0.25, 0.3) is 0 Å². The van der Waals surface area contributed by atoms with Crippen LogP contribution in [0.2, 0.25) is 0 Å². The van der Waals surface area contributed by atoms with Crippen molar-refractivity contribution in [1.29, 1.82) is 0 Å². The first-order valence-corrected chi connectivity index (χ1v) is 27.8. The second kappa shape index (κ2) is 48.9. The lowest BCUT2D eigenvalue weighted by Gasteiger charge is -2.18. The largest absolute Gasteiger partial charge is 0.462 e. The quantitative estimate of drug-likeness (QED) is 0.0344. The van der Waals surface area contributed by atoms with Gasteiger partial charge >= 0.3 is 17.9 Å². The van der Waals surface area contributed by atoms with E-state index >= 15 is 0 Å². The molecule has 2 atom stereocenters. The van der Waals surface area contributed by atoms with Gasteiger partial charge in [-0.3, -0.25) is 14.4 Å². The Morgan fingerprint density at radius 1 is 0.339 bits per heavy atom. The number of rotatable bonds is 50. The number of unbranched alkanes of at least 4 members (excludes halogenated alkanes) is 34. The molecule has 0 heterocycles. The van der Waals surface area contributed by atoms with Gasteiger partial charge < -0.3 is 14.2 Å². The van der Waals surface area contributed by atoms with Crippen LogP contribution in [0.5, 0.6) is 0 Å². The molecule has 0 N–H and O–H groups in total. The number of esters is 3. The van der Waals surface area contributed by atoms with Crippen molar-refractivity contribution in [3.05, 3.63) is 0 Å². The van der Waals surface area contributed by atoms with E-state index in [1.807, 2.05) is 0 Å². The molecule has 0 spiro atoms. The van der Waals surface area contributed by atoms with Gasteiger partial charge in [0.25, 0.3) is 0 Å². The molecule has 0 saturated carbocycles. The molecule has 0 bridgehead atoms. The Kier molecular flexibility index (Phi) is 47.6. The third kappa shape index (κ3) is 47.9. The normalized spacial score (nSPS) is 12.5. The van der Waals surface area contributed by atoms with E-state index in [0.29, 0.717) is 19.3 Å². The molecule has 0 aromatic carbocycles. The van der Waals surface area contributed by atoms with Gasteiger partial charge in [0.15, 0.2) is 6.10 Å². The van der Waals surface area contributed by atoms with Crippen LogP contribution in [0.3, 0.4) is 0 Å². The van der Waals surface area contributed by atoms with Gasteiger partial charge in [-0.2, -0.15) is 0 Å². The van der Waals surface area contributed by atoms with E-state index in [-0.39, 0.29) is 31.1 Å². The summed E-state index contributed by atoms with van der Waals surface area (Å²) in [5.41, 5.74) is 0. The first-order chi connectivity index (χ1) is 30.3. The molecular weight excluding hydrogens is 769 g/mol. The smallest absolute Gasteiger partial charge is 0.306 e. The van der Waals surface area contributed by atoms with Crippen LogP contribution in [0.4, 0.5) is 0 Å². The van der Waals surface area contributed by atoms with Gasteiger partial charge in [-0.05, 0) is 31.1 Å². The average molecular weight is 877 g/mol. The maximum Gasteiger partial charge on any atom is 0.306 e. The lowest BCUT2D eigenvalue weighted by molar-refractivity contribution is -0.167. The molecule has 0 fully saturated rings. The highest BCUT2D eigenvalue weighted by atomic mass is 16.6. The summed E-state index contributed by atoms with van der Waals surface area (Å²) in [5, 5.41) is 0. The van der Waals surface area contributed by atoms with E-state index in [4.69, 9.17) is 14.2 Å². The minimum atomic E-state index is -0.763. The summed E-state index contributed by atoms with van der Waals surface area (Å²) in [4.78, 5) is 38.0. The van der Waals surface area contributed by atoms with Gasteiger partial charge in [0, 0.05) is 19.3 Å². The number of ether oxygens (including phenoxy) is 3. The Balaban J connectivity index is 4.28. The minimum absolute atomic E-state index is 0.0636. The van der Waals surface area contributed by atoms with Gasteiger partial charge in [-0.1, -0.05) is 272 Å². The fourth-order valence-corrected chi connectivity index (χ4v) is 8.49.